The molecular weight excluding hydrogens is 308 g/mol. The Labute approximate surface area is 142 Å². The molecule has 0 spiro atoms. The highest BCUT2D eigenvalue weighted by Crippen LogP contribution is 2.32. The number of benzene rings is 1. The zero-order chi connectivity index (χ0) is 16.4. The molecule has 0 saturated heterocycles. The first-order valence-electron chi connectivity index (χ1n) is 8.52. The fourth-order valence-electron chi connectivity index (χ4n) is 3.57. The maximum absolute atomic E-state index is 12.4. The molecule has 4 heteroatoms. The van der Waals surface area contributed by atoms with Gasteiger partial charge in [-0.1, -0.05) is 44.7 Å². The molecule has 1 amide bonds. The summed E-state index contributed by atoms with van der Waals surface area (Å²) in [5.41, 5.74) is 2.13. The van der Waals surface area contributed by atoms with Crippen LogP contribution < -0.4 is 5.32 Å². The van der Waals surface area contributed by atoms with Crippen molar-refractivity contribution in [2.24, 2.45) is 5.92 Å². The van der Waals surface area contributed by atoms with Crippen LogP contribution in [0, 0.1) is 5.92 Å². The Kier molecular flexibility index (Phi) is 4.67. The standard InChI is InChI=1S/C19H25ClN2O/c1-19(2,12-22-18(23)13-6-4-3-5-7-13)16-11-21-17-9-8-14(20)10-15(16)17/h8-11,13,21H,3-7,12H2,1-2H3,(H,22,23). The number of carbonyl (C=O) groups excluding carboxylic acids is 1. The van der Waals surface area contributed by atoms with Crippen LogP contribution in [0.15, 0.2) is 24.4 Å². The highest BCUT2D eigenvalue weighted by Gasteiger charge is 2.27. The molecule has 124 valence electrons. The molecule has 2 aromatic rings. The van der Waals surface area contributed by atoms with Gasteiger partial charge in [0.15, 0.2) is 0 Å². The normalized spacial score (nSPS) is 16.7. The molecule has 1 saturated carbocycles. The first kappa shape index (κ1) is 16.4. The summed E-state index contributed by atoms with van der Waals surface area (Å²) in [5, 5.41) is 5.04. The lowest BCUT2D eigenvalue weighted by molar-refractivity contribution is -0.126. The van der Waals surface area contributed by atoms with Gasteiger partial charge in [-0.3, -0.25) is 4.79 Å². The molecule has 0 unspecified atom stereocenters. The van der Waals surface area contributed by atoms with Gasteiger partial charge in [0, 0.05) is 40.0 Å². The number of H-pyrrole nitrogens is 1. The van der Waals surface area contributed by atoms with Crippen LogP contribution >= 0.6 is 11.6 Å². The predicted molar refractivity (Wildman–Crippen MR) is 95.9 cm³/mol. The van der Waals surface area contributed by atoms with Gasteiger partial charge in [-0.15, -0.1) is 0 Å². The topological polar surface area (TPSA) is 44.9 Å². The maximum atomic E-state index is 12.4. The quantitative estimate of drug-likeness (QED) is 0.830. The van der Waals surface area contributed by atoms with Crippen LogP contribution in [0.3, 0.4) is 0 Å². The molecule has 1 aliphatic rings. The third-order valence-corrected chi connectivity index (χ3v) is 5.29. The third-order valence-electron chi connectivity index (χ3n) is 5.05. The number of rotatable bonds is 4. The lowest BCUT2D eigenvalue weighted by atomic mass is 9.83. The molecule has 1 aliphatic carbocycles. The van der Waals surface area contributed by atoms with Crippen LogP contribution in [0.4, 0.5) is 0 Å². The van der Waals surface area contributed by atoms with Gasteiger partial charge in [0.25, 0.3) is 0 Å². The molecule has 1 aromatic carbocycles. The number of aromatic nitrogens is 1. The van der Waals surface area contributed by atoms with E-state index in [0.29, 0.717) is 6.54 Å². The molecule has 0 atom stereocenters. The van der Waals surface area contributed by atoms with Crippen molar-refractivity contribution in [2.75, 3.05) is 6.54 Å². The van der Waals surface area contributed by atoms with Crippen molar-refractivity contribution in [3.8, 4) is 0 Å². The number of nitrogens with one attached hydrogen (secondary N) is 2. The number of halogens is 1. The second kappa shape index (κ2) is 6.56. The summed E-state index contributed by atoms with van der Waals surface area (Å²) in [5.74, 6) is 0.424. The van der Waals surface area contributed by atoms with Crippen LogP contribution in [0.2, 0.25) is 5.02 Å². The van der Waals surface area contributed by atoms with E-state index in [4.69, 9.17) is 11.6 Å². The van der Waals surface area contributed by atoms with Crippen LogP contribution in [0.5, 0.6) is 0 Å². The summed E-state index contributed by atoms with van der Waals surface area (Å²) in [6, 6.07) is 5.88. The Morgan fingerprint density at radius 3 is 2.78 bits per heavy atom. The van der Waals surface area contributed by atoms with E-state index in [1.54, 1.807) is 0 Å². The van der Waals surface area contributed by atoms with E-state index >= 15 is 0 Å². The molecule has 23 heavy (non-hydrogen) atoms. The fourth-order valence-corrected chi connectivity index (χ4v) is 3.74. The Balaban J connectivity index is 1.72. The summed E-state index contributed by atoms with van der Waals surface area (Å²) in [7, 11) is 0. The monoisotopic (exact) mass is 332 g/mol. The molecule has 1 fully saturated rings. The number of hydrogen-bond donors (Lipinski definition) is 2. The van der Waals surface area contributed by atoms with Gasteiger partial charge in [0.05, 0.1) is 0 Å². The van der Waals surface area contributed by atoms with Crippen LogP contribution in [-0.4, -0.2) is 17.4 Å². The zero-order valence-corrected chi connectivity index (χ0v) is 14.7. The molecule has 3 nitrogen and oxygen atoms in total. The lowest BCUT2D eigenvalue weighted by Gasteiger charge is -2.27. The van der Waals surface area contributed by atoms with Gasteiger partial charge in [-0.2, -0.15) is 0 Å². The Morgan fingerprint density at radius 2 is 2.04 bits per heavy atom. The summed E-state index contributed by atoms with van der Waals surface area (Å²) >= 11 is 6.14. The average Bonchev–Trinajstić information content (AvgIpc) is 2.97. The van der Waals surface area contributed by atoms with Crippen molar-refractivity contribution in [1.29, 1.82) is 0 Å². The Bertz CT molecular complexity index is 698. The largest absolute Gasteiger partial charge is 0.361 e. The average molecular weight is 333 g/mol. The number of amides is 1. The first-order valence-corrected chi connectivity index (χ1v) is 8.90. The highest BCUT2D eigenvalue weighted by atomic mass is 35.5. The minimum absolute atomic E-state index is 0.146. The van der Waals surface area contributed by atoms with Crippen molar-refractivity contribution in [3.63, 3.8) is 0 Å². The predicted octanol–water partition coefficient (Wildman–Crippen LogP) is 4.80. The van der Waals surface area contributed by atoms with Crippen LogP contribution in [0.25, 0.3) is 10.9 Å². The third kappa shape index (κ3) is 3.55. The summed E-state index contributed by atoms with van der Waals surface area (Å²) < 4.78 is 0. The van der Waals surface area contributed by atoms with E-state index < -0.39 is 0 Å². The molecule has 2 N–H and O–H groups in total. The van der Waals surface area contributed by atoms with Gasteiger partial charge < -0.3 is 10.3 Å². The summed E-state index contributed by atoms with van der Waals surface area (Å²) in [6.45, 7) is 4.97. The highest BCUT2D eigenvalue weighted by molar-refractivity contribution is 6.31. The molecular formula is C19H25ClN2O. The van der Waals surface area contributed by atoms with E-state index in [2.05, 4.69) is 24.1 Å². The minimum Gasteiger partial charge on any atom is -0.361 e. The molecule has 0 aliphatic heterocycles. The van der Waals surface area contributed by atoms with E-state index in [1.807, 2.05) is 24.4 Å². The van der Waals surface area contributed by atoms with Gasteiger partial charge in [-0.25, -0.2) is 0 Å². The molecule has 0 radical (unpaired) electrons. The fraction of sp³-hybridized carbons (Fsp3) is 0.526. The molecule has 1 heterocycles. The smallest absolute Gasteiger partial charge is 0.223 e. The van der Waals surface area contributed by atoms with Gasteiger partial charge in [-0.05, 0) is 36.6 Å². The number of fused-ring (bicyclic) bond motifs is 1. The van der Waals surface area contributed by atoms with E-state index in [0.717, 1.165) is 28.8 Å². The van der Waals surface area contributed by atoms with Crippen molar-refractivity contribution in [3.05, 3.63) is 35.0 Å². The molecule has 3 rings (SSSR count). The number of hydrogen-bond acceptors (Lipinski definition) is 1. The molecule has 1 aromatic heterocycles. The van der Waals surface area contributed by atoms with Crippen LogP contribution in [0.1, 0.15) is 51.5 Å². The first-order chi connectivity index (χ1) is 11.0. The second-order valence-corrected chi connectivity index (χ2v) is 7.77. The van der Waals surface area contributed by atoms with Gasteiger partial charge >= 0.3 is 0 Å². The Hall–Kier alpha value is -1.48. The van der Waals surface area contributed by atoms with Gasteiger partial charge in [0.2, 0.25) is 5.91 Å². The zero-order valence-electron chi connectivity index (χ0n) is 13.9. The van der Waals surface area contributed by atoms with E-state index in [9.17, 15) is 4.79 Å². The van der Waals surface area contributed by atoms with Crippen molar-refractivity contribution < 1.29 is 4.79 Å². The minimum atomic E-state index is -0.146. The lowest BCUT2D eigenvalue weighted by Crippen LogP contribution is -2.40. The number of aromatic amines is 1. The van der Waals surface area contributed by atoms with Crippen molar-refractivity contribution in [1.82, 2.24) is 10.3 Å². The van der Waals surface area contributed by atoms with Crippen LogP contribution in [-0.2, 0) is 10.2 Å². The van der Waals surface area contributed by atoms with E-state index in [-0.39, 0.29) is 17.2 Å². The van der Waals surface area contributed by atoms with Crippen molar-refractivity contribution in [2.45, 2.75) is 51.4 Å². The maximum Gasteiger partial charge on any atom is 0.223 e. The molecule has 0 bridgehead atoms. The second-order valence-electron chi connectivity index (χ2n) is 7.33. The van der Waals surface area contributed by atoms with Crippen molar-refractivity contribution >= 4 is 28.4 Å². The van der Waals surface area contributed by atoms with Gasteiger partial charge in [0.1, 0.15) is 0 Å². The summed E-state index contributed by atoms with van der Waals surface area (Å²) in [4.78, 5) is 15.7. The Morgan fingerprint density at radius 1 is 1.30 bits per heavy atom. The van der Waals surface area contributed by atoms with E-state index in [1.165, 1.54) is 24.8 Å². The summed E-state index contributed by atoms with van der Waals surface area (Å²) in [6.07, 6.45) is 7.74. The number of carbonyl (C=O) groups is 1. The SMILES string of the molecule is CC(C)(CNC(=O)C1CCCCC1)c1c[nH]c2ccc(Cl)cc12.